The van der Waals surface area contributed by atoms with E-state index in [0.717, 1.165) is 45.1 Å². The van der Waals surface area contributed by atoms with Crippen molar-refractivity contribution in [1.29, 1.82) is 0 Å². The van der Waals surface area contributed by atoms with E-state index >= 15 is 0 Å². The molecule has 1 amide bonds. The summed E-state index contributed by atoms with van der Waals surface area (Å²) in [6.45, 7) is 2.86. The quantitative estimate of drug-likeness (QED) is 0.806. The zero-order valence-corrected chi connectivity index (χ0v) is 12.8. The second-order valence-corrected chi connectivity index (χ2v) is 6.48. The molecule has 0 aromatic rings. The molecule has 3 nitrogen and oxygen atoms in total. The average Bonchev–Trinajstić information content (AvgIpc) is 2.91. The molecular formula is C15H26N2OS. The Bertz CT molecular complexity index is 344. The van der Waals surface area contributed by atoms with Crippen LogP contribution in [0.1, 0.15) is 64.7 Å². The van der Waals surface area contributed by atoms with Gasteiger partial charge in [-0.15, -0.1) is 0 Å². The largest absolute Gasteiger partial charge is 0.392 e. The van der Waals surface area contributed by atoms with Crippen LogP contribution in [0.15, 0.2) is 0 Å². The molecule has 4 heteroatoms. The van der Waals surface area contributed by atoms with Crippen molar-refractivity contribution in [3.8, 4) is 0 Å². The molecule has 2 rings (SSSR count). The van der Waals surface area contributed by atoms with Gasteiger partial charge < -0.3 is 10.6 Å². The number of hydrogen-bond acceptors (Lipinski definition) is 2. The highest BCUT2D eigenvalue weighted by molar-refractivity contribution is 7.80. The van der Waals surface area contributed by atoms with E-state index < -0.39 is 5.41 Å². The lowest BCUT2D eigenvalue weighted by Gasteiger charge is -2.39. The van der Waals surface area contributed by atoms with Crippen LogP contribution in [0.2, 0.25) is 0 Å². The van der Waals surface area contributed by atoms with Crippen molar-refractivity contribution in [3.63, 3.8) is 0 Å². The predicted molar refractivity (Wildman–Crippen MR) is 81.9 cm³/mol. The highest BCUT2D eigenvalue weighted by atomic mass is 32.1. The highest BCUT2D eigenvalue weighted by Crippen LogP contribution is 2.41. The van der Waals surface area contributed by atoms with Gasteiger partial charge in [-0.05, 0) is 32.6 Å². The van der Waals surface area contributed by atoms with Crippen molar-refractivity contribution in [2.75, 3.05) is 6.54 Å². The van der Waals surface area contributed by atoms with Gasteiger partial charge in [0.15, 0.2) is 0 Å². The smallest absolute Gasteiger partial charge is 0.235 e. The van der Waals surface area contributed by atoms with Gasteiger partial charge in [0.1, 0.15) is 0 Å². The van der Waals surface area contributed by atoms with Crippen molar-refractivity contribution in [3.05, 3.63) is 0 Å². The normalized spacial score (nSPS) is 23.2. The molecule has 0 aromatic carbocycles. The van der Waals surface area contributed by atoms with Gasteiger partial charge in [-0.2, -0.15) is 0 Å². The molecule has 0 saturated heterocycles. The molecule has 0 bridgehead atoms. The number of carbonyl (C=O) groups excluding carboxylic acids is 1. The second-order valence-electron chi connectivity index (χ2n) is 6.04. The SMILES string of the molecule is CCN(C(=O)C1(C(N)=S)CCCC1)C1CCCCC1. The molecule has 19 heavy (non-hydrogen) atoms. The fourth-order valence-corrected chi connectivity index (χ4v) is 4.07. The molecule has 2 aliphatic rings. The molecule has 0 aromatic heterocycles. The van der Waals surface area contributed by atoms with Crippen molar-refractivity contribution >= 4 is 23.1 Å². The van der Waals surface area contributed by atoms with E-state index in [0.29, 0.717) is 11.0 Å². The number of amides is 1. The second kappa shape index (κ2) is 6.21. The molecule has 0 unspecified atom stereocenters. The summed E-state index contributed by atoms with van der Waals surface area (Å²) in [6, 6.07) is 0.415. The fraction of sp³-hybridized carbons (Fsp3) is 0.867. The minimum absolute atomic E-state index is 0.215. The molecule has 2 saturated carbocycles. The third kappa shape index (κ3) is 2.78. The summed E-state index contributed by atoms with van der Waals surface area (Å²) < 4.78 is 0. The summed E-state index contributed by atoms with van der Waals surface area (Å²) >= 11 is 5.24. The Morgan fingerprint density at radius 1 is 1.21 bits per heavy atom. The zero-order chi connectivity index (χ0) is 13.9. The number of carbonyl (C=O) groups is 1. The van der Waals surface area contributed by atoms with Crippen LogP contribution in [-0.2, 0) is 4.79 Å². The lowest BCUT2D eigenvalue weighted by molar-refractivity contribution is -0.141. The first-order valence-electron chi connectivity index (χ1n) is 7.73. The molecule has 0 spiro atoms. The van der Waals surface area contributed by atoms with Crippen LogP contribution in [-0.4, -0.2) is 28.4 Å². The summed E-state index contributed by atoms with van der Waals surface area (Å²) in [5.74, 6) is 0.215. The summed E-state index contributed by atoms with van der Waals surface area (Å²) in [5, 5.41) is 0. The summed E-state index contributed by atoms with van der Waals surface area (Å²) in [7, 11) is 0. The van der Waals surface area contributed by atoms with E-state index in [1.54, 1.807) is 0 Å². The van der Waals surface area contributed by atoms with E-state index in [9.17, 15) is 4.79 Å². The Balaban J connectivity index is 2.16. The third-order valence-electron chi connectivity index (χ3n) is 4.96. The number of thiocarbonyl (C=S) groups is 1. The number of hydrogen-bond donors (Lipinski definition) is 1. The van der Waals surface area contributed by atoms with Crippen LogP contribution in [0.25, 0.3) is 0 Å². The fourth-order valence-electron chi connectivity index (χ4n) is 3.78. The Morgan fingerprint density at radius 2 is 1.79 bits per heavy atom. The molecule has 2 N–H and O–H groups in total. The topological polar surface area (TPSA) is 46.3 Å². The monoisotopic (exact) mass is 282 g/mol. The maximum absolute atomic E-state index is 13.0. The van der Waals surface area contributed by atoms with E-state index in [-0.39, 0.29) is 5.91 Å². The first-order valence-corrected chi connectivity index (χ1v) is 8.13. The van der Waals surface area contributed by atoms with Crippen molar-refractivity contribution < 1.29 is 4.79 Å². The Hall–Kier alpha value is -0.640. The van der Waals surface area contributed by atoms with Gasteiger partial charge >= 0.3 is 0 Å². The van der Waals surface area contributed by atoms with E-state index in [4.69, 9.17) is 18.0 Å². The van der Waals surface area contributed by atoms with Crippen LogP contribution in [0.3, 0.4) is 0 Å². The number of rotatable bonds is 4. The molecule has 0 atom stereocenters. The van der Waals surface area contributed by atoms with Crippen LogP contribution in [0.5, 0.6) is 0 Å². The van der Waals surface area contributed by atoms with Gasteiger partial charge in [-0.1, -0.05) is 44.3 Å². The lowest BCUT2D eigenvalue weighted by atomic mass is 9.83. The summed E-state index contributed by atoms with van der Waals surface area (Å²) in [4.78, 5) is 15.5. The Morgan fingerprint density at radius 3 is 2.26 bits per heavy atom. The molecule has 0 radical (unpaired) electrons. The molecule has 108 valence electrons. The molecule has 0 aliphatic heterocycles. The molecular weight excluding hydrogens is 256 g/mol. The highest BCUT2D eigenvalue weighted by Gasteiger charge is 2.47. The van der Waals surface area contributed by atoms with Gasteiger partial charge in [0.05, 0.1) is 10.4 Å². The molecule has 2 aliphatic carbocycles. The van der Waals surface area contributed by atoms with E-state index in [2.05, 4.69) is 11.8 Å². The zero-order valence-electron chi connectivity index (χ0n) is 12.0. The van der Waals surface area contributed by atoms with Crippen LogP contribution in [0, 0.1) is 5.41 Å². The average molecular weight is 282 g/mol. The first-order chi connectivity index (χ1) is 9.12. The maximum atomic E-state index is 13.0. The maximum Gasteiger partial charge on any atom is 0.235 e. The number of nitrogens with two attached hydrogens (primary N) is 1. The summed E-state index contributed by atoms with van der Waals surface area (Å²) in [6.07, 6.45) is 9.94. The van der Waals surface area contributed by atoms with E-state index in [1.807, 2.05) is 0 Å². The van der Waals surface area contributed by atoms with Crippen LogP contribution < -0.4 is 5.73 Å². The Labute approximate surface area is 121 Å². The lowest BCUT2D eigenvalue weighted by Crippen LogP contribution is -2.52. The molecule has 2 fully saturated rings. The van der Waals surface area contributed by atoms with Crippen molar-refractivity contribution in [1.82, 2.24) is 4.90 Å². The Kier molecular flexibility index (Phi) is 4.82. The standard InChI is InChI=1S/C15H26N2OS/c1-2-17(12-8-4-3-5-9-12)14(18)15(13(16)19)10-6-7-11-15/h12H,2-11H2,1H3,(H2,16,19). The first kappa shape index (κ1) is 14.8. The molecule has 0 heterocycles. The minimum atomic E-state index is -0.525. The van der Waals surface area contributed by atoms with Gasteiger partial charge in [-0.25, -0.2) is 0 Å². The van der Waals surface area contributed by atoms with Gasteiger partial charge in [0, 0.05) is 12.6 Å². The van der Waals surface area contributed by atoms with Gasteiger partial charge in [0.25, 0.3) is 0 Å². The number of nitrogens with zero attached hydrogens (tertiary/aromatic N) is 1. The van der Waals surface area contributed by atoms with Crippen LogP contribution in [0.4, 0.5) is 0 Å². The van der Waals surface area contributed by atoms with Gasteiger partial charge in [-0.3, -0.25) is 4.79 Å². The van der Waals surface area contributed by atoms with Crippen molar-refractivity contribution in [2.24, 2.45) is 11.1 Å². The predicted octanol–water partition coefficient (Wildman–Crippen LogP) is 3.01. The summed E-state index contributed by atoms with van der Waals surface area (Å²) in [5.41, 5.74) is 5.41. The third-order valence-corrected chi connectivity index (χ3v) is 5.35. The van der Waals surface area contributed by atoms with Crippen molar-refractivity contribution in [2.45, 2.75) is 70.8 Å². The van der Waals surface area contributed by atoms with Crippen LogP contribution >= 0.6 is 12.2 Å². The minimum Gasteiger partial charge on any atom is -0.392 e. The van der Waals surface area contributed by atoms with Gasteiger partial charge in [0.2, 0.25) is 5.91 Å². The van der Waals surface area contributed by atoms with E-state index in [1.165, 1.54) is 19.3 Å².